The van der Waals surface area contributed by atoms with E-state index in [4.69, 9.17) is 16.8 Å². The van der Waals surface area contributed by atoms with Gasteiger partial charge < -0.3 is 9.94 Å². The molecule has 6 nitrogen and oxygen atoms in total. The Hall–Kier alpha value is -2.34. The van der Waals surface area contributed by atoms with Crippen molar-refractivity contribution in [1.82, 2.24) is 9.78 Å². The maximum Gasteiger partial charge on any atom is 0.379 e. The lowest BCUT2D eigenvalue weighted by atomic mass is 10.1. The first-order valence-electron chi connectivity index (χ1n) is 5.70. The van der Waals surface area contributed by atoms with Crippen molar-refractivity contribution in [3.63, 3.8) is 0 Å². The Morgan fingerprint density at radius 1 is 1.40 bits per heavy atom. The van der Waals surface area contributed by atoms with Crippen LogP contribution in [0.3, 0.4) is 0 Å². The van der Waals surface area contributed by atoms with Gasteiger partial charge in [-0.05, 0) is 25.1 Å². The summed E-state index contributed by atoms with van der Waals surface area (Å²) < 4.78 is 5.79. The molecule has 7 heteroatoms. The van der Waals surface area contributed by atoms with E-state index in [0.29, 0.717) is 16.4 Å². The number of carbonyl (C=O) groups is 1. The summed E-state index contributed by atoms with van der Waals surface area (Å²) >= 11 is 5.85. The van der Waals surface area contributed by atoms with Gasteiger partial charge in [0.25, 0.3) is 5.84 Å². The van der Waals surface area contributed by atoms with Gasteiger partial charge in [0, 0.05) is 10.6 Å². The van der Waals surface area contributed by atoms with Gasteiger partial charge in [-0.1, -0.05) is 28.9 Å². The third-order valence-corrected chi connectivity index (χ3v) is 2.89. The molecular formula is C13H12ClN3O3. The summed E-state index contributed by atoms with van der Waals surface area (Å²) in [5, 5.41) is 16.7. The van der Waals surface area contributed by atoms with Crippen molar-refractivity contribution in [2.45, 2.75) is 6.92 Å². The highest BCUT2D eigenvalue weighted by atomic mass is 35.5. The smallest absolute Gasteiger partial charge is 0.379 e. The first-order valence-corrected chi connectivity index (χ1v) is 6.08. The lowest BCUT2D eigenvalue weighted by Gasteiger charge is -2.07. The van der Waals surface area contributed by atoms with Crippen LogP contribution in [0, 0.1) is 6.92 Å². The third kappa shape index (κ3) is 2.65. The predicted octanol–water partition coefficient (Wildman–Crippen LogP) is 2.32. The van der Waals surface area contributed by atoms with Crippen molar-refractivity contribution in [3.8, 4) is 11.3 Å². The zero-order valence-corrected chi connectivity index (χ0v) is 11.6. The minimum Gasteiger partial charge on any atom is -0.463 e. The average molecular weight is 294 g/mol. The number of oxime groups is 1. The number of methoxy groups -OCH3 is 1. The molecule has 0 unspecified atom stereocenters. The fourth-order valence-electron chi connectivity index (χ4n) is 1.75. The van der Waals surface area contributed by atoms with Crippen molar-refractivity contribution in [3.05, 3.63) is 41.0 Å². The quantitative estimate of drug-likeness (QED) is 0.288. The molecule has 0 amide bonds. The van der Waals surface area contributed by atoms with Crippen LogP contribution in [0.2, 0.25) is 5.02 Å². The van der Waals surface area contributed by atoms with Gasteiger partial charge in [0.2, 0.25) is 0 Å². The summed E-state index contributed by atoms with van der Waals surface area (Å²) in [5.74, 6) is -1.10. The number of nitrogens with zero attached hydrogens (tertiary/aromatic N) is 3. The summed E-state index contributed by atoms with van der Waals surface area (Å²) in [4.78, 5) is 11.6. The summed E-state index contributed by atoms with van der Waals surface area (Å²) in [5.41, 5.74) is 2.04. The van der Waals surface area contributed by atoms with E-state index in [1.54, 1.807) is 37.3 Å². The molecule has 0 spiro atoms. The molecule has 0 saturated carbocycles. The first-order chi connectivity index (χ1) is 9.56. The molecule has 0 saturated heterocycles. The molecule has 1 aromatic heterocycles. The van der Waals surface area contributed by atoms with Crippen molar-refractivity contribution in [2.24, 2.45) is 5.16 Å². The summed E-state index contributed by atoms with van der Waals surface area (Å²) in [7, 11) is 1.20. The second kappa shape index (κ2) is 5.75. The Morgan fingerprint density at radius 3 is 2.60 bits per heavy atom. The fourth-order valence-corrected chi connectivity index (χ4v) is 1.87. The van der Waals surface area contributed by atoms with Gasteiger partial charge in [-0.25, -0.2) is 9.48 Å². The minimum absolute atomic E-state index is 0.314. The molecule has 1 aromatic carbocycles. The Kier molecular flexibility index (Phi) is 4.05. The topological polar surface area (TPSA) is 76.7 Å². The van der Waals surface area contributed by atoms with Crippen molar-refractivity contribution in [1.29, 1.82) is 0 Å². The SMILES string of the molecule is COC(=O)/C(=N\O)n1nc(C)cc1-c1ccc(Cl)cc1. The summed E-state index contributed by atoms with van der Waals surface area (Å²) in [6, 6.07) is 8.76. The van der Waals surface area contributed by atoms with Gasteiger partial charge in [0.15, 0.2) is 0 Å². The summed E-state index contributed by atoms with van der Waals surface area (Å²) in [6.45, 7) is 1.77. The van der Waals surface area contributed by atoms with Crippen molar-refractivity contribution >= 4 is 23.4 Å². The van der Waals surface area contributed by atoms with Crippen LogP contribution in [-0.2, 0) is 9.53 Å². The van der Waals surface area contributed by atoms with Crippen molar-refractivity contribution < 1.29 is 14.7 Å². The molecule has 1 N–H and O–H groups in total. The molecule has 0 aliphatic heterocycles. The zero-order chi connectivity index (χ0) is 14.7. The van der Waals surface area contributed by atoms with Crippen LogP contribution in [0.25, 0.3) is 11.3 Å². The standard InChI is InChI=1S/C13H12ClN3O3/c1-8-7-11(9-3-5-10(14)6-4-9)17(15-8)12(16-19)13(18)20-2/h3-7,19H,1-2H3/b16-12+. The first kappa shape index (κ1) is 14.1. The number of hydrogen-bond donors (Lipinski definition) is 1. The van der Waals surface area contributed by atoms with E-state index in [2.05, 4.69) is 15.0 Å². The van der Waals surface area contributed by atoms with Crippen LogP contribution in [-0.4, -0.2) is 33.9 Å². The van der Waals surface area contributed by atoms with E-state index in [9.17, 15) is 4.79 Å². The number of aryl methyl sites for hydroxylation is 1. The van der Waals surface area contributed by atoms with E-state index >= 15 is 0 Å². The highest BCUT2D eigenvalue weighted by Gasteiger charge is 2.20. The second-order valence-electron chi connectivity index (χ2n) is 4.00. The normalized spacial score (nSPS) is 11.4. The van der Waals surface area contributed by atoms with Crippen LogP contribution in [0.1, 0.15) is 5.69 Å². The van der Waals surface area contributed by atoms with E-state index in [-0.39, 0.29) is 5.84 Å². The highest BCUT2D eigenvalue weighted by Crippen LogP contribution is 2.22. The molecule has 0 fully saturated rings. The van der Waals surface area contributed by atoms with Crippen LogP contribution in [0.15, 0.2) is 35.5 Å². The van der Waals surface area contributed by atoms with Crippen molar-refractivity contribution in [2.75, 3.05) is 7.11 Å². The monoisotopic (exact) mass is 293 g/mol. The maximum atomic E-state index is 11.6. The molecule has 2 rings (SSSR count). The number of benzene rings is 1. The highest BCUT2D eigenvalue weighted by molar-refractivity contribution is 6.36. The minimum atomic E-state index is -0.786. The number of ether oxygens (including phenoxy) is 1. The summed E-state index contributed by atoms with van der Waals surface area (Å²) in [6.07, 6.45) is 0. The molecule has 0 aliphatic rings. The maximum absolute atomic E-state index is 11.6. The molecule has 0 bridgehead atoms. The van der Waals surface area contributed by atoms with E-state index in [0.717, 1.165) is 5.56 Å². The molecule has 2 aromatic rings. The van der Waals surface area contributed by atoms with Crippen LogP contribution in [0.5, 0.6) is 0 Å². The molecule has 1 heterocycles. The Bertz CT molecular complexity index is 662. The lowest BCUT2D eigenvalue weighted by Crippen LogP contribution is -2.26. The van der Waals surface area contributed by atoms with Crippen LogP contribution < -0.4 is 0 Å². The number of esters is 1. The zero-order valence-electron chi connectivity index (χ0n) is 10.9. The Balaban J connectivity index is 2.55. The van der Waals surface area contributed by atoms with Gasteiger partial charge in [0.1, 0.15) is 0 Å². The van der Waals surface area contributed by atoms with E-state index in [1.807, 2.05) is 0 Å². The molecular weight excluding hydrogens is 282 g/mol. The molecule has 0 atom stereocenters. The molecule has 20 heavy (non-hydrogen) atoms. The molecule has 0 radical (unpaired) electrons. The Labute approximate surface area is 120 Å². The number of carbonyl (C=O) groups excluding carboxylic acids is 1. The molecule has 104 valence electrons. The third-order valence-electron chi connectivity index (χ3n) is 2.63. The lowest BCUT2D eigenvalue weighted by molar-refractivity contribution is -0.133. The number of rotatable bonds is 1. The largest absolute Gasteiger partial charge is 0.463 e. The molecule has 0 aliphatic carbocycles. The van der Waals surface area contributed by atoms with Gasteiger partial charge >= 0.3 is 5.97 Å². The van der Waals surface area contributed by atoms with Crippen LogP contribution >= 0.6 is 11.6 Å². The number of aromatic nitrogens is 2. The van der Waals surface area contributed by atoms with Crippen LogP contribution in [0.4, 0.5) is 0 Å². The average Bonchev–Trinajstić information content (AvgIpc) is 2.82. The Morgan fingerprint density at radius 2 is 2.05 bits per heavy atom. The van der Waals surface area contributed by atoms with Gasteiger partial charge in [-0.3, -0.25) is 0 Å². The van der Waals surface area contributed by atoms with Gasteiger partial charge in [-0.2, -0.15) is 5.10 Å². The van der Waals surface area contributed by atoms with E-state index < -0.39 is 5.97 Å². The van der Waals surface area contributed by atoms with Gasteiger partial charge in [-0.15, -0.1) is 0 Å². The van der Waals surface area contributed by atoms with Gasteiger partial charge in [0.05, 0.1) is 18.5 Å². The fraction of sp³-hybridized carbons (Fsp3) is 0.154. The number of hydrogen-bond acceptors (Lipinski definition) is 5. The van der Waals surface area contributed by atoms with E-state index in [1.165, 1.54) is 11.8 Å². The number of halogens is 1. The second-order valence-corrected chi connectivity index (χ2v) is 4.44. The predicted molar refractivity (Wildman–Crippen MR) is 74.0 cm³/mol.